The van der Waals surface area contributed by atoms with Crippen molar-refractivity contribution in [1.82, 2.24) is 0 Å². The lowest BCUT2D eigenvalue weighted by molar-refractivity contribution is -0.112. The highest BCUT2D eigenvalue weighted by atomic mass is 35.5. The molecule has 0 heterocycles. The molecule has 0 aliphatic rings. The molecule has 0 aromatic heterocycles. The van der Waals surface area contributed by atoms with Gasteiger partial charge in [0, 0.05) is 11.1 Å². The number of rotatable bonds is 6. The van der Waals surface area contributed by atoms with Crippen LogP contribution in [0.25, 0.3) is 6.08 Å². The maximum absolute atomic E-state index is 12.4. The second kappa shape index (κ2) is 9.01. The molecule has 1 amide bonds. The van der Waals surface area contributed by atoms with Gasteiger partial charge in [0.2, 0.25) is 0 Å². The molecule has 2 rings (SSSR count). The third-order valence-corrected chi connectivity index (χ3v) is 3.92. The van der Waals surface area contributed by atoms with Gasteiger partial charge in [0.1, 0.15) is 23.1 Å². The largest absolute Gasteiger partial charge is 0.495 e. The van der Waals surface area contributed by atoms with Gasteiger partial charge in [-0.2, -0.15) is 14.0 Å². The zero-order chi connectivity index (χ0) is 20.0. The van der Waals surface area contributed by atoms with Crippen molar-refractivity contribution >= 4 is 29.3 Å². The van der Waals surface area contributed by atoms with Crippen molar-refractivity contribution in [3.05, 3.63) is 58.1 Å². The van der Waals surface area contributed by atoms with Crippen molar-refractivity contribution in [1.29, 1.82) is 5.26 Å². The molecule has 0 spiro atoms. The Morgan fingerprint density at radius 2 is 1.96 bits per heavy atom. The summed E-state index contributed by atoms with van der Waals surface area (Å²) in [6, 6.07) is 10.5. The predicted octanol–water partition coefficient (Wildman–Crippen LogP) is 4.80. The second-order valence-electron chi connectivity index (χ2n) is 5.37. The number of aryl methyl sites for hydroxylation is 1. The fraction of sp³-hybridized carbons (Fsp3) is 0.158. The van der Waals surface area contributed by atoms with E-state index in [1.807, 2.05) is 6.07 Å². The number of ether oxygens (including phenoxy) is 2. The van der Waals surface area contributed by atoms with E-state index in [0.717, 1.165) is 5.56 Å². The van der Waals surface area contributed by atoms with Crippen LogP contribution < -0.4 is 14.8 Å². The predicted molar refractivity (Wildman–Crippen MR) is 98.0 cm³/mol. The molecular formula is C19H15ClF2N2O3. The van der Waals surface area contributed by atoms with E-state index in [4.69, 9.17) is 16.3 Å². The van der Waals surface area contributed by atoms with Crippen LogP contribution in [-0.2, 0) is 4.79 Å². The molecule has 1 N–H and O–H groups in total. The molecule has 2 aromatic rings. The number of amides is 1. The zero-order valence-electron chi connectivity index (χ0n) is 14.4. The van der Waals surface area contributed by atoms with Crippen molar-refractivity contribution in [2.75, 3.05) is 12.4 Å². The van der Waals surface area contributed by atoms with Crippen LogP contribution in [0.3, 0.4) is 0 Å². The van der Waals surface area contributed by atoms with Crippen LogP contribution >= 0.6 is 11.6 Å². The molecule has 0 atom stereocenters. The third kappa shape index (κ3) is 5.43. The van der Waals surface area contributed by atoms with Crippen molar-refractivity contribution < 1.29 is 23.0 Å². The van der Waals surface area contributed by atoms with Gasteiger partial charge in [-0.05, 0) is 42.3 Å². The number of benzene rings is 2. The molecule has 2 aromatic carbocycles. The SMILES string of the molecule is COc1cc(Cl)c(C)cc1NC(=O)C(C#N)=Cc1ccc(OC(F)F)cc1. The Balaban J connectivity index is 2.22. The maximum Gasteiger partial charge on any atom is 0.387 e. The topological polar surface area (TPSA) is 71.3 Å². The molecule has 0 bridgehead atoms. The highest BCUT2D eigenvalue weighted by molar-refractivity contribution is 6.31. The molecule has 0 saturated heterocycles. The first-order chi connectivity index (χ1) is 12.8. The molecule has 0 saturated carbocycles. The summed E-state index contributed by atoms with van der Waals surface area (Å²) in [5.41, 5.74) is 1.39. The number of nitriles is 1. The number of hydrogen-bond donors (Lipinski definition) is 1. The molecule has 5 nitrogen and oxygen atoms in total. The molecule has 0 aliphatic carbocycles. The van der Waals surface area contributed by atoms with Crippen LogP contribution in [0, 0.1) is 18.3 Å². The minimum absolute atomic E-state index is 0.0218. The van der Waals surface area contributed by atoms with Crippen LogP contribution in [0.5, 0.6) is 11.5 Å². The van der Waals surface area contributed by atoms with Gasteiger partial charge in [-0.3, -0.25) is 4.79 Å². The average Bonchev–Trinajstić information content (AvgIpc) is 2.63. The summed E-state index contributed by atoms with van der Waals surface area (Å²) in [7, 11) is 1.43. The highest BCUT2D eigenvalue weighted by Crippen LogP contribution is 2.31. The Morgan fingerprint density at radius 3 is 2.52 bits per heavy atom. The van der Waals surface area contributed by atoms with Gasteiger partial charge in [-0.1, -0.05) is 23.7 Å². The summed E-state index contributed by atoms with van der Waals surface area (Å²) in [4.78, 5) is 12.4. The van der Waals surface area contributed by atoms with Crippen LogP contribution in [0.15, 0.2) is 42.0 Å². The normalized spacial score (nSPS) is 11.1. The van der Waals surface area contributed by atoms with Crippen molar-refractivity contribution in [3.8, 4) is 17.6 Å². The first kappa shape index (κ1) is 20.2. The van der Waals surface area contributed by atoms with Crippen LogP contribution in [-0.4, -0.2) is 19.6 Å². The first-order valence-corrected chi connectivity index (χ1v) is 8.04. The van der Waals surface area contributed by atoms with E-state index < -0.39 is 12.5 Å². The van der Waals surface area contributed by atoms with Crippen molar-refractivity contribution in [2.24, 2.45) is 0 Å². The van der Waals surface area contributed by atoms with E-state index in [1.165, 1.54) is 37.5 Å². The number of nitrogens with zero attached hydrogens (tertiary/aromatic N) is 1. The maximum atomic E-state index is 12.4. The summed E-state index contributed by atoms with van der Waals surface area (Å²) >= 11 is 6.03. The molecule has 0 aliphatic heterocycles. The number of methoxy groups -OCH3 is 1. The number of alkyl halides is 2. The van der Waals surface area contributed by atoms with Crippen LogP contribution in [0.2, 0.25) is 5.02 Å². The van der Waals surface area contributed by atoms with E-state index in [0.29, 0.717) is 22.0 Å². The monoisotopic (exact) mass is 392 g/mol. The van der Waals surface area contributed by atoms with E-state index in [2.05, 4.69) is 10.1 Å². The van der Waals surface area contributed by atoms with Gasteiger partial charge in [-0.15, -0.1) is 0 Å². The Bertz CT molecular complexity index is 906. The average molecular weight is 393 g/mol. The lowest BCUT2D eigenvalue weighted by Crippen LogP contribution is -2.14. The molecule has 140 valence electrons. The fourth-order valence-electron chi connectivity index (χ4n) is 2.18. The van der Waals surface area contributed by atoms with Gasteiger partial charge in [0.05, 0.1) is 12.8 Å². The molecular weight excluding hydrogens is 378 g/mol. The summed E-state index contributed by atoms with van der Waals surface area (Å²) in [6.45, 7) is -1.16. The first-order valence-electron chi connectivity index (χ1n) is 7.66. The Labute approximate surface area is 159 Å². The molecule has 8 heteroatoms. The number of nitrogens with one attached hydrogen (secondary N) is 1. The molecule has 27 heavy (non-hydrogen) atoms. The molecule has 0 fully saturated rings. The standard InChI is InChI=1S/C19H15ClF2N2O3/c1-11-7-16(17(26-2)9-15(11)20)24-18(25)13(10-23)8-12-3-5-14(6-4-12)27-19(21)22/h3-9,19H,1-2H3,(H,24,25). The lowest BCUT2D eigenvalue weighted by Gasteiger charge is -2.12. The minimum Gasteiger partial charge on any atom is -0.495 e. The second-order valence-corrected chi connectivity index (χ2v) is 5.78. The number of carbonyl (C=O) groups excluding carboxylic acids is 1. The van der Waals surface area contributed by atoms with E-state index in [-0.39, 0.29) is 11.3 Å². The summed E-state index contributed by atoms with van der Waals surface area (Å²) in [6.07, 6.45) is 1.33. The van der Waals surface area contributed by atoms with Crippen molar-refractivity contribution in [2.45, 2.75) is 13.5 Å². The fourth-order valence-corrected chi connectivity index (χ4v) is 2.33. The van der Waals surface area contributed by atoms with Crippen LogP contribution in [0.4, 0.5) is 14.5 Å². The van der Waals surface area contributed by atoms with Gasteiger partial charge < -0.3 is 14.8 Å². The molecule has 0 unspecified atom stereocenters. The van der Waals surface area contributed by atoms with Gasteiger partial charge in [-0.25, -0.2) is 0 Å². The zero-order valence-corrected chi connectivity index (χ0v) is 15.2. The van der Waals surface area contributed by atoms with Crippen LogP contribution in [0.1, 0.15) is 11.1 Å². The number of halogens is 3. The number of hydrogen-bond acceptors (Lipinski definition) is 4. The van der Waals surface area contributed by atoms with E-state index in [1.54, 1.807) is 19.1 Å². The number of anilines is 1. The van der Waals surface area contributed by atoms with Gasteiger partial charge in [0.15, 0.2) is 0 Å². The molecule has 0 radical (unpaired) electrons. The third-order valence-electron chi connectivity index (χ3n) is 3.51. The Hall–Kier alpha value is -3.11. The van der Waals surface area contributed by atoms with E-state index in [9.17, 15) is 18.8 Å². The van der Waals surface area contributed by atoms with Crippen molar-refractivity contribution in [3.63, 3.8) is 0 Å². The summed E-state index contributed by atoms with van der Waals surface area (Å²) in [5.74, 6) is -0.318. The van der Waals surface area contributed by atoms with Gasteiger partial charge in [0.25, 0.3) is 5.91 Å². The number of carbonyl (C=O) groups is 1. The minimum atomic E-state index is -2.93. The van der Waals surface area contributed by atoms with E-state index >= 15 is 0 Å². The quantitative estimate of drug-likeness (QED) is 0.566. The summed E-state index contributed by atoms with van der Waals surface area (Å²) < 4.78 is 33.8. The summed E-state index contributed by atoms with van der Waals surface area (Å²) in [5, 5.41) is 12.4. The smallest absolute Gasteiger partial charge is 0.387 e. The van der Waals surface area contributed by atoms with Gasteiger partial charge >= 0.3 is 6.61 Å². The Morgan fingerprint density at radius 1 is 1.30 bits per heavy atom. The lowest BCUT2D eigenvalue weighted by atomic mass is 10.1. The Kier molecular flexibility index (Phi) is 6.74. The highest BCUT2D eigenvalue weighted by Gasteiger charge is 2.14.